The van der Waals surface area contributed by atoms with Crippen molar-refractivity contribution in [2.45, 2.75) is 12.8 Å². The number of hydrogen-bond donors (Lipinski definition) is 2. The van der Waals surface area contributed by atoms with Gasteiger partial charge in [-0.2, -0.15) is 0 Å². The zero-order valence-electron chi connectivity index (χ0n) is 9.59. The molecule has 1 aliphatic heterocycles. The molecule has 0 spiro atoms. The Bertz CT molecular complexity index is 569. The van der Waals surface area contributed by atoms with E-state index in [2.05, 4.69) is 16.4 Å². The molecule has 0 amide bonds. The van der Waals surface area contributed by atoms with Gasteiger partial charge in [-0.1, -0.05) is 11.6 Å². The third kappa shape index (κ3) is 2.11. The fraction of sp³-hybridized carbons (Fsp3) is 0.286. The van der Waals surface area contributed by atoms with E-state index in [1.54, 1.807) is 12.1 Å². The molecular formula is C14H15FN2. The van der Waals surface area contributed by atoms with E-state index in [0.717, 1.165) is 36.8 Å². The van der Waals surface area contributed by atoms with Gasteiger partial charge in [0.1, 0.15) is 5.82 Å². The highest BCUT2D eigenvalue weighted by Gasteiger charge is 2.08. The number of hydrogen-bond acceptors (Lipinski definition) is 1. The quantitative estimate of drug-likeness (QED) is 0.763. The molecule has 3 rings (SSSR count). The summed E-state index contributed by atoms with van der Waals surface area (Å²) < 4.78 is 13.2. The lowest BCUT2D eigenvalue weighted by Crippen LogP contribution is -2.22. The van der Waals surface area contributed by atoms with Crippen molar-refractivity contribution in [3.63, 3.8) is 0 Å². The highest BCUT2D eigenvalue weighted by Crippen LogP contribution is 2.22. The minimum Gasteiger partial charge on any atom is -0.361 e. The van der Waals surface area contributed by atoms with E-state index in [1.165, 1.54) is 17.2 Å². The first kappa shape index (κ1) is 10.5. The number of fused-ring (bicyclic) bond motifs is 1. The van der Waals surface area contributed by atoms with Crippen molar-refractivity contribution in [2.24, 2.45) is 0 Å². The summed E-state index contributed by atoms with van der Waals surface area (Å²) >= 11 is 0. The molecule has 2 N–H and O–H groups in total. The molecule has 0 bridgehead atoms. The van der Waals surface area contributed by atoms with Gasteiger partial charge in [0, 0.05) is 23.6 Å². The lowest BCUT2D eigenvalue weighted by molar-refractivity contribution is 0.629. The second-order valence-corrected chi connectivity index (χ2v) is 4.51. The standard InChI is InChI=1S/C14H15FN2/c15-12-3-4-14-13(7-12)11(9-17-14)6-10-2-1-5-16-8-10/h2-4,7,9,16-17H,1,5-6,8H2. The minimum absolute atomic E-state index is 0.172. The van der Waals surface area contributed by atoms with Crippen molar-refractivity contribution >= 4 is 10.9 Å². The molecule has 0 saturated heterocycles. The van der Waals surface area contributed by atoms with Crippen LogP contribution < -0.4 is 5.32 Å². The number of H-pyrrole nitrogens is 1. The Balaban J connectivity index is 1.94. The zero-order chi connectivity index (χ0) is 11.7. The fourth-order valence-electron chi connectivity index (χ4n) is 2.38. The van der Waals surface area contributed by atoms with Crippen LogP contribution in [0, 0.1) is 5.82 Å². The summed E-state index contributed by atoms with van der Waals surface area (Å²) in [4.78, 5) is 3.19. The van der Waals surface area contributed by atoms with Crippen LogP contribution >= 0.6 is 0 Å². The average Bonchev–Trinajstić information content (AvgIpc) is 2.73. The Morgan fingerprint density at radius 1 is 1.29 bits per heavy atom. The van der Waals surface area contributed by atoms with Crippen molar-refractivity contribution in [1.82, 2.24) is 10.3 Å². The zero-order valence-corrected chi connectivity index (χ0v) is 9.59. The second-order valence-electron chi connectivity index (χ2n) is 4.51. The normalized spacial score (nSPS) is 16.2. The molecular weight excluding hydrogens is 215 g/mol. The van der Waals surface area contributed by atoms with E-state index in [4.69, 9.17) is 0 Å². The van der Waals surface area contributed by atoms with E-state index in [1.807, 2.05) is 6.20 Å². The Morgan fingerprint density at radius 3 is 3.06 bits per heavy atom. The molecule has 2 nitrogen and oxygen atoms in total. The minimum atomic E-state index is -0.172. The lowest BCUT2D eigenvalue weighted by atomic mass is 10.0. The molecule has 2 heterocycles. The van der Waals surface area contributed by atoms with E-state index in [-0.39, 0.29) is 5.82 Å². The monoisotopic (exact) mass is 230 g/mol. The second kappa shape index (κ2) is 4.34. The van der Waals surface area contributed by atoms with Gasteiger partial charge in [0.25, 0.3) is 0 Å². The van der Waals surface area contributed by atoms with Crippen LogP contribution in [0.5, 0.6) is 0 Å². The maximum absolute atomic E-state index is 13.2. The molecule has 88 valence electrons. The van der Waals surface area contributed by atoms with Gasteiger partial charge in [-0.25, -0.2) is 4.39 Å². The number of aromatic amines is 1. The van der Waals surface area contributed by atoms with Crippen molar-refractivity contribution in [2.75, 3.05) is 13.1 Å². The molecule has 0 unspecified atom stereocenters. The van der Waals surface area contributed by atoms with Crippen molar-refractivity contribution in [1.29, 1.82) is 0 Å². The van der Waals surface area contributed by atoms with E-state index in [9.17, 15) is 4.39 Å². The third-order valence-electron chi connectivity index (χ3n) is 3.25. The fourth-order valence-corrected chi connectivity index (χ4v) is 2.38. The Morgan fingerprint density at radius 2 is 2.24 bits per heavy atom. The first-order valence-corrected chi connectivity index (χ1v) is 5.97. The van der Waals surface area contributed by atoms with Gasteiger partial charge >= 0.3 is 0 Å². The van der Waals surface area contributed by atoms with Crippen LogP contribution in [-0.2, 0) is 6.42 Å². The summed E-state index contributed by atoms with van der Waals surface area (Å²) in [5.41, 5.74) is 3.57. The molecule has 1 aromatic heterocycles. The molecule has 1 aliphatic rings. The molecule has 0 fully saturated rings. The van der Waals surface area contributed by atoms with Crippen molar-refractivity contribution < 1.29 is 4.39 Å². The highest BCUT2D eigenvalue weighted by molar-refractivity contribution is 5.83. The van der Waals surface area contributed by atoms with Gasteiger partial charge in [-0.15, -0.1) is 0 Å². The molecule has 3 heteroatoms. The SMILES string of the molecule is Fc1ccc2[nH]cc(CC3=CCCNC3)c2c1. The largest absolute Gasteiger partial charge is 0.361 e. The van der Waals surface area contributed by atoms with Gasteiger partial charge in [0.05, 0.1) is 0 Å². The van der Waals surface area contributed by atoms with Crippen molar-refractivity contribution in [3.8, 4) is 0 Å². The van der Waals surface area contributed by atoms with Crippen molar-refractivity contribution in [3.05, 3.63) is 47.4 Å². The smallest absolute Gasteiger partial charge is 0.123 e. The van der Waals surface area contributed by atoms with Gasteiger partial charge in [-0.05, 0) is 43.1 Å². The van der Waals surface area contributed by atoms with Crippen LogP contribution in [0.2, 0.25) is 0 Å². The van der Waals surface area contributed by atoms with Crippen LogP contribution in [0.25, 0.3) is 10.9 Å². The predicted octanol–water partition coefficient (Wildman–Crippen LogP) is 2.77. The van der Waals surface area contributed by atoms with Gasteiger partial charge in [0.15, 0.2) is 0 Å². The summed E-state index contributed by atoms with van der Waals surface area (Å²) in [7, 11) is 0. The molecule has 0 saturated carbocycles. The number of aromatic nitrogens is 1. The Labute approximate surface area is 99.5 Å². The Hall–Kier alpha value is -1.61. The first-order valence-electron chi connectivity index (χ1n) is 5.97. The van der Waals surface area contributed by atoms with E-state index in [0.29, 0.717) is 0 Å². The van der Waals surface area contributed by atoms with E-state index < -0.39 is 0 Å². The molecule has 0 atom stereocenters. The highest BCUT2D eigenvalue weighted by atomic mass is 19.1. The molecule has 1 aromatic carbocycles. The topological polar surface area (TPSA) is 27.8 Å². The summed E-state index contributed by atoms with van der Waals surface area (Å²) in [5.74, 6) is -0.172. The Kier molecular flexibility index (Phi) is 2.69. The maximum Gasteiger partial charge on any atom is 0.123 e. The van der Waals surface area contributed by atoms with Gasteiger partial charge < -0.3 is 10.3 Å². The van der Waals surface area contributed by atoms with Gasteiger partial charge in [-0.3, -0.25) is 0 Å². The van der Waals surface area contributed by atoms with Crippen LogP contribution in [-0.4, -0.2) is 18.1 Å². The van der Waals surface area contributed by atoms with Crippen LogP contribution in [0.3, 0.4) is 0 Å². The average molecular weight is 230 g/mol. The predicted molar refractivity (Wildman–Crippen MR) is 67.5 cm³/mol. The first-order chi connectivity index (χ1) is 8.33. The number of benzene rings is 1. The maximum atomic E-state index is 13.2. The number of nitrogens with one attached hydrogen (secondary N) is 2. The van der Waals surface area contributed by atoms with Crippen LogP contribution in [0.1, 0.15) is 12.0 Å². The summed E-state index contributed by atoms with van der Waals surface area (Å²) in [6.07, 6.45) is 6.26. The van der Waals surface area contributed by atoms with Crippen LogP contribution in [0.15, 0.2) is 36.0 Å². The molecule has 0 radical (unpaired) electrons. The summed E-state index contributed by atoms with van der Waals surface area (Å²) in [5, 5.41) is 4.35. The molecule has 0 aliphatic carbocycles. The number of halogens is 1. The van der Waals surface area contributed by atoms with Crippen LogP contribution in [0.4, 0.5) is 4.39 Å². The summed E-state index contributed by atoms with van der Waals surface area (Å²) in [6.45, 7) is 2.01. The lowest BCUT2D eigenvalue weighted by Gasteiger charge is -2.13. The van der Waals surface area contributed by atoms with Gasteiger partial charge in [0.2, 0.25) is 0 Å². The molecule has 2 aromatic rings. The number of rotatable bonds is 2. The van der Waals surface area contributed by atoms with E-state index >= 15 is 0 Å². The molecule has 17 heavy (non-hydrogen) atoms. The summed E-state index contributed by atoms with van der Waals surface area (Å²) in [6, 6.07) is 4.89. The third-order valence-corrected chi connectivity index (χ3v) is 3.25.